The fourth-order valence-corrected chi connectivity index (χ4v) is 2.51. The van der Waals surface area contributed by atoms with E-state index < -0.39 is 0 Å². The predicted molar refractivity (Wildman–Crippen MR) is 75.2 cm³/mol. The van der Waals surface area contributed by atoms with Gasteiger partial charge in [-0.05, 0) is 33.5 Å². The third-order valence-corrected chi connectivity index (χ3v) is 3.85. The lowest BCUT2D eigenvalue weighted by Gasteiger charge is -2.27. The standard InChI is InChI=1S/C14H25N3O3/c1-16(2)5-3-4-15-13(18)11-10-12(11)14(19)17-6-8-20-9-7-17/h11-12H,3-10H2,1-2H3,(H,15,18). The van der Waals surface area contributed by atoms with Crippen molar-refractivity contribution in [2.45, 2.75) is 12.8 Å². The number of morpholine rings is 1. The fraction of sp³-hybridized carbons (Fsp3) is 0.857. The van der Waals surface area contributed by atoms with Gasteiger partial charge in [0, 0.05) is 19.6 Å². The van der Waals surface area contributed by atoms with Crippen LogP contribution in [0.5, 0.6) is 0 Å². The Bertz CT molecular complexity index is 354. The molecule has 2 rings (SSSR count). The molecule has 1 saturated heterocycles. The van der Waals surface area contributed by atoms with E-state index in [1.165, 1.54) is 0 Å². The number of amides is 2. The molecule has 6 nitrogen and oxygen atoms in total. The maximum absolute atomic E-state index is 12.2. The van der Waals surface area contributed by atoms with Crippen molar-refractivity contribution in [3.8, 4) is 0 Å². The number of carbonyl (C=O) groups is 2. The van der Waals surface area contributed by atoms with Crippen LogP contribution in [0.2, 0.25) is 0 Å². The number of rotatable bonds is 6. The highest BCUT2D eigenvalue weighted by Crippen LogP contribution is 2.40. The van der Waals surface area contributed by atoms with E-state index in [1.54, 1.807) is 0 Å². The van der Waals surface area contributed by atoms with Gasteiger partial charge in [-0.25, -0.2) is 0 Å². The Hall–Kier alpha value is -1.14. The van der Waals surface area contributed by atoms with Crippen LogP contribution < -0.4 is 5.32 Å². The smallest absolute Gasteiger partial charge is 0.226 e. The van der Waals surface area contributed by atoms with Gasteiger partial charge in [-0.2, -0.15) is 0 Å². The lowest BCUT2D eigenvalue weighted by atomic mass is 10.2. The summed E-state index contributed by atoms with van der Waals surface area (Å²) in [6, 6.07) is 0. The highest BCUT2D eigenvalue weighted by molar-refractivity contribution is 5.92. The van der Waals surface area contributed by atoms with Crippen molar-refractivity contribution in [3.05, 3.63) is 0 Å². The zero-order valence-electron chi connectivity index (χ0n) is 12.4. The number of nitrogens with one attached hydrogen (secondary N) is 1. The molecular formula is C14H25N3O3. The van der Waals surface area contributed by atoms with E-state index in [-0.39, 0.29) is 23.7 Å². The van der Waals surface area contributed by atoms with Crippen molar-refractivity contribution < 1.29 is 14.3 Å². The Morgan fingerprint density at radius 2 is 1.95 bits per heavy atom. The molecule has 2 fully saturated rings. The van der Waals surface area contributed by atoms with Crippen molar-refractivity contribution in [1.29, 1.82) is 0 Å². The molecule has 0 aromatic heterocycles. The second-order valence-electron chi connectivity index (χ2n) is 5.83. The molecular weight excluding hydrogens is 258 g/mol. The van der Waals surface area contributed by atoms with Crippen molar-refractivity contribution in [3.63, 3.8) is 0 Å². The number of carbonyl (C=O) groups excluding carboxylic acids is 2. The van der Waals surface area contributed by atoms with Crippen LogP contribution in [0.15, 0.2) is 0 Å². The largest absolute Gasteiger partial charge is 0.378 e. The molecule has 1 heterocycles. The zero-order chi connectivity index (χ0) is 14.5. The molecule has 1 aliphatic carbocycles. The van der Waals surface area contributed by atoms with Gasteiger partial charge in [-0.15, -0.1) is 0 Å². The van der Waals surface area contributed by atoms with Crippen LogP contribution in [0.25, 0.3) is 0 Å². The minimum absolute atomic E-state index is 0.0374. The van der Waals surface area contributed by atoms with E-state index in [2.05, 4.69) is 10.2 Å². The first-order valence-electron chi connectivity index (χ1n) is 7.38. The summed E-state index contributed by atoms with van der Waals surface area (Å²) < 4.78 is 5.23. The van der Waals surface area contributed by atoms with Crippen LogP contribution in [0.1, 0.15) is 12.8 Å². The van der Waals surface area contributed by atoms with E-state index >= 15 is 0 Å². The summed E-state index contributed by atoms with van der Waals surface area (Å²) in [7, 11) is 4.03. The van der Waals surface area contributed by atoms with Gasteiger partial charge < -0.3 is 19.9 Å². The third-order valence-electron chi connectivity index (χ3n) is 3.85. The van der Waals surface area contributed by atoms with Crippen molar-refractivity contribution >= 4 is 11.8 Å². The van der Waals surface area contributed by atoms with Gasteiger partial charge in [-0.1, -0.05) is 0 Å². The van der Waals surface area contributed by atoms with Crippen LogP contribution in [-0.4, -0.2) is 75.1 Å². The fourth-order valence-electron chi connectivity index (χ4n) is 2.51. The minimum Gasteiger partial charge on any atom is -0.378 e. The molecule has 2 aliphatic rings. The van der Waals surface area contributed by atoms with E-state index in [9.17, 15) is 9.59 Å². The maximum atomic E-state index is 12.2. The molecule has 0 aromatic carbocycles. The summed E-state index contributed by atoms with van der Waals surface area (Å²) in [6.07, 6.45) is 1.64. The molecule has 1 aliphatic heterocycles. The summed E-state index contributed by atoms with van der Waals surface area (Å²) in [5, 5.41) is 2.93. The van der Waals surface area contributed by atoms with Gasteiger partial charge in [0.05, 0.1) is 25.0 Å². The molecule has 2 atom stereocenters. The highest BCUT2D eigenvalue weighted by Gasteiger charge is 2.49. The van der Waals surface area contributed by atoms with E-state index in [0.717, 1.165) is 13.0 Å². The average Bonchev–Trinajstić information content (AvgIpc) is 3.24. The molecule has 114 valence electrons. The summed E-state index contributed by atoms with van der Waals surface area (Å²) in [5.74, 6) is -0.0382. The second kappa shape index (κ2) is 7.04. The normalized spacial score (nSPS) is 25.6. The van der Waals surface area contributed by atoms with Crippen LogP contribution in [-0.2, 0) is 14.3 Å². The van der Waals surface area contributed by atoms with Crippen LogP contribution in [0, 0.1) is 11.8 Å². The molecule has 0 aromatic rings. The van der Waals surface area contributed by atoms with Crippen molar-refractivity contribution in [2.75, 3.05) is 53.5 Å². The summed E-state index contributed by atoms with van der Waals surface area (Å²) in [4.78, 5) is 28.0. The van der Waals surface area contributed by atoms with Gasteiger partial charge in [0.1, 0.15) is 0 Å². The molecule has 1 saturated carbocycles. The number of nitrogens with zero attached hydrogens (tertiary/aromatic N) is 2. The summed E-state index contributed by atoms with van der Waals surface area (Å²) >= 11 is 0. The highest BCUT2D eigenvalue weighted by atomic mass is 16.5. The quantitative estimate of drug-likeness (QED) is 0.671. The number of hydrogen-bond donors (Lipinski definition) is 1. The Morgan fingerprint density at radius 3 is 2.60 bits per heavy atom. The zero-order valence-corrected chi connectivity index (χ0v) is 12.4. The van der Waals surface area contributed by atoms with Gasteiger partial charge in [0.15, 0.2) is 0 Å². The molecule has 2 amide bonds. The average molecular weight is 283 g/mol. The lowest BCUT2D eigenvalue weighted by Crippen LogP contribution is -2.42. The molecule has 6 heteroatoms. The van der Waals surface area contributed by atoms with Crippen molar-refractivity contribution in [2.24, 2.45) is 11.8 Å². The Balaban J connectivity index is 1.65. The summed E-state index contributed by atoms with van der Waals surface area (Å²) in [5.41, 5.74) is 0. The first-order valence-corrected chi connectivity index (χ1v) is 7.38. The van der Waals surface area contributed by atoms with E-state index in [4.69, 9.17) is 4.74 Å². The van der Waals surface area contributed by atoms with Crippen molar-refractivity contribution in [1.82, 2.24) is 15.1 Å². The van der Waals surface area contributed by atoms with Gasteiger partial charge in [0.25, 0.3) is 0 Å². The topological polar surface area (TPSA) is 61.9 Å². The van der Waals surface area contributed by atoms with Gasteiger partial charge >= 0.3 is 0 Å². The number of ether oxygens (including phenoxy) is 1. The molecule has 0 spiro atoms. The lowest BCUT2D eigenvalue weighted by molar-refractivity contribution is -0.138. The molecule has 2 unspecified atom stereocenters. The number of hydrogen-bond acceptors (Lipinski definition) is 4. The Kier molecular flexibility index (Phi) is 5.37. The summed E-state index contributed by atoms with van der Waals surface area (Å²) in [6.45, 7) is 4.19. The SMILES string of the molecule is CN(C)CCCNC(=O)C1CC1C(=O)N1CCOCC1. The molecule has 0 radical (unpaired) electrons. The van der Waals surface area contributed by atoms with E-state index in [1.807, 2.05) is 19.0 Å². The molecule has 20 heavy (non-hydrogen) atoms. The minimum atomic E-state index is -0.107. The molecule has 1 N–H and O–H groups in total. The Labute approximate surface area is 120 Å². The van der Waals surface area contributed by atoms with Crippen LogP contribution in [0.3, 0.4) is 0 Å². The monoisotopic (exact) mass is 283 g/mol. The van der Waals surface area contributed by atoms with Gasteiger partial charge in [-0.3, -0.25) is 9.59 Å². The molecule has 0 bridgehead atoms. The first-order chi connectivity index (χ1) is 9.59. The first kappa shape index (κ1) is 15.3. The maximum Gasteiger partial charge on any atom is 0.226 e. The third kappa shape index (κ3) is 4.18. The second-order valence-corrected chi connectivity index (χ2v) is 5.83. The van der Waals surface area contributed by atoms with Crippen LogP contribution >= 0.6 is 0 Å². The van der Waals surface area contributed by atoms with Crippen LogP contribution in [0.4, 0.5) is 0 Å². The predicted octanol–water partition coefficient (Wildman–Crippen LogP) is -0.451. The Morgan fingerprint density at radius 1 is 1.25 bits per heavy atom. The van der Waals surface area contributed by atoms with E-state index in [0.29, 0.717) is 39.3 Å². The van der Waals surface area contributed by atoms with Gasteiger partial charge in [0.2, 0.25) is 11.8 Å².